The summed E-state index contributed by atoms with van der Waals surface area (Å²) in [5.41, 5.74) is -0.455. The van der Waals surface area contributed by atoms with Gasteiger partial charge in [0.1, 0.15) is 0 Å². The number of sulfonamides is 1. The van der Waals surface area contributed by atoms with Gasteiger partial charge in [0.2, 0.25) is 10.0 Å². The highest BCUT2D eigenvalue weighted by Gasteiger charge is 2.39. The molecule has 0 amide bonds. The molecule has 5 nitrogen and oxygen atoms in total. The first-order valence-corrected chi connectivity index (χ1v) is 9.14. The molecular formula is C12H16FNO4S2. The van der Waals surface area contributed by atoms with E-state index in [0.29, 0.717) is 6.42 Å². The summed E-state index contributed by atoms with van der Waals surface area (Å²) in [7, 11) is -8.77. The molecule has 1 saturated carbocycles. The lowest BCUT2D eigenvalue weighted by Gasteiger charge is -2.41. The zero-order valence-corrected chi connectivity index (χ0v) is 12.6. The Morgan fingerprint density at radius 2 is 1.80 bits per heavy atom. The van der Waals surface area contributed by atoms with Gasteiger partial charge in [0, 0.05) is 5.54 Å². The predicted molar refractivity (Wildman–Crippen MR) is 71.9 cm³/mol. The summed E-state index contributed by atoms with van der Waals surface area (Å²) >= 11 is 0. The molecule has 2 rings (SSSR count). The minimum Gasteiger partial charge on any atom is -0.207 e. The lowest BCUT2D eigenvalue weighted by Crippen LogP contribution is -2.52. The number of hydrogen-bond acceptors (Lipinski definition) is 4. The molecule has 0 saturated heterocycles. The fourth-order valence-corrected chi connectivity index (χ4v) is 4.43. The van der Waals surface area contributed by atoms with Crippen LogP contribution in [0.2, 0.25) is 0 Å². The van der Waals surface area contributed by atoms with E-state index in [1.165, 1.54) is 12.1 Å². The summed E-state index contributed by atoms with van der Waals surface area (Å²) in [6.07, 6.45) is 3.12. The highest BCUT2D eigenvalue weighted by atomic mass is 32.3. The van der Waals surface area contributed by atoms with Crippen LogP contribution in [0, 0.1) is 0 Å². The van der Waals surface area contributed by atoms with Gasteiger partial charge in [-0.1, -0.05) is 13.0 Å². The third-order valence-corrected chi connectivity index (χ3v) is 6.13. The Morgan fingerprint density at radius 3 is 2.25 bits per heavy atom. The van der Waals surface area contributed by atoms with Crippen LogP contribution in [0.25, 0.3) is 0 Å². The van der Waals surface area contributed by atoms with Crippen molar-refractivity contribution in [2.24, 2.45) is 0 Å². The molecule has 0 bridgehead atoms. The molecule has 1 aromatic carbocycles. The van der Waals surface area contributed by atoms with E-state index in [1.807, 2.05) is 6.92 Å². The van der Waals surface area contributed by atoms with Crippen molar-refractivity contribution in [3.63, 3.8) is 0 Å². The summed E-state index contributed by atoms with van der Waals surface area (Å²) < 4.78 is 61.7. The van der Waals surface area contributed by atoms with Crippen LogP contribution in [0.15, 0.2) is 34.1 Å². The molecule has 20 heavy (non-hydrogen) atoms. The lowest BCUT2D eigenvalue weighted by molar-refractivity contribution is 0.214. The van der Waals surface area contributed by atoms with Crippen LogP contribution >= 0.6 is 0 Å². The van der Waals surface area contributed by atoms with E-state index in [1.54, 1.807) is 0 Å². The quantitative estimate of drug-likeness (QED) is 0.841. The van der Waals surface area contributed by atoms with Crippen LogP contribution in [0.4, 0.5) is 3.89 Å². The van der Waals surface area contributed by atoms with Gasteiger partial charge in [-0.2, -0.15) is 8.42 Å². The standard InChI is InChI=1S/C12H16FNO4S2/c1-2-12(7-4-8-12)14-20(17,18)11-6-3-5-10(9-11)19(13,15)16/h3,5-6,9,14H,2,4,7-8H2,1H3. The fraction of sp³-hybridized carbons (Fsp3) is 0.500. The SMILES string of the molecule is CCC1(NS(=O)(=O)c2cccc(S(=O)(=O)F)c2)CCC1. The first-order valence-electron chi connectivity index (χ1n) is 6.27. The molecule has 0 aromatic heterocycles. The summed E-state index contributed by atoms with van der Waals surface area (Å²) in [6, 6.07) is 4.31. The van der Waals surface area contributed by atoms with Gasteiger partial charge >= 0.3 is 10.2 Å². The normalized spacial score (nSPS) is 18.5. The molecular weight excluding hydrogens is 305 g/mol. The van der Waals surface area contributed by atoms with E-state index in [2.05, 4.69) is 4.72 Å². The van der Waals surface area contributed by atoms with Crippen LogP contribution in [0.3, 0.4) is 0 Å². The Balaban J connectivity index is 2.35. The van der Waals surface area contributed by atoms with Crippen LogP contribution in [-0.4, -0.2) is 22.4 Å². The van der Waals surface area contributed by atoms with Crippen molar-refractivity contribution in [2.75, 3.05) is 0 Å². The summed E-state index contributed by atoms with van der Waals surface area (Å²) in [4.78, 5) is -0.893. The van der Waals surface area contributed by atoms with E-state index < -0.39 is 30.7 Å². The van der Waals surface area contributed by atoms with E-state index in [9.17, 15) is 20.7 Å². The molecule has 1 aromatic rings. The van der Waals surface area contributed by atoms with Crippen molar-refractivity contribution in [3.05, 3.63) is 24.3 Å². The number of hydrogen-bond donors (Lipinski definition) is 1. The Labute approximate surface area is 118 Å². The zero-order valence-electron chi connectivity index (χ0n) is 11.0. The van der Waals surface area contributed by atoms with Gasteiger partial charge in [-0.3, -0.25) is 0 Å². The van der Waals surface area contributed by atoms with Gasteiger partial charge in [-0.15, -0.1) is 3.89 Å². The van der Waals surface area contributed by atoms with Crippen LogP contribution in [0.5, 0.6) is 0 Å². The van der Waals surface area contributed by atoms with Crippen molar-refractivity contribution in [1.29, 1.82) is 0 Å². The molecule has 8 heteroatoms. The monoisotopic (exact) mass is 321 g/mol. The first kappa shape index (κ1) is 15.4. The largest absolute Gasteiger partial charge is 0.332 e. The molecule has 0 heterocycles. The summed E-state index contributed by atoms with van der Waals surface area (Å²) in [5.74, 6) is 0. The molecule has 1 aliphatic rings. The van der Waals surface area contributed by atoms with E-state index >= 15 is 0 Å². The fourth-order valence-electron chi connectivity index (χ4n) is 2.27. The van der Waals surface area contributed by atoms with Crippen LogP contribution in [-0.2, 0) is 20.2 Å². The van der Waals surface area contributed by atoms with Crippen molar-refractivity contribution in [3.8, 4) is 0 Å². The molecule has 0 radical (unpaired) electrons. The molecule has 0 spiro atoms. The molecule has 0 unspecified atom stereocenters. The smallest absolute Gasteiger partial charge is 0.207 e. The van der Waals surface area contributed by atoms with Crippen LogP contribution < -0.4 is 4.72 Å². The zero-order chi connectivity index (χ0) is 15.0. The second-order valence-electron chi connectivity index (χ2n) is 5.01. The third kappa shape index (κ3) is 3.02. The van der Waals surface area contributed by atoms with E-state index in [4.69, 9.17) is 0 Å². The van der Waals surface area contributed by atoms with Gasteiger partial charge in [-0.25, -0.2) is 13.1 Å². The summed E-state index contributed by atoms with van der Waals surface area (Å²) in [6.45, 7) is 1.89. The molecule has 1 aliphatic carbocycles. The van der Waals surface area contributed by atoms with Gasteiger partial charge in [-0.05, 0) is 43.9 Å². The Hall–Kier alpha value is -0.990. The topological polar surface area (TPSA) is 80.3 Å². The maximum absolute atomic E-state index is 12.9. The van der Waals surface area contributed by atoms with Gasteiger partial charge in [0.15, 0.2) is 0 Å². The average Bonchev–Trinajstić information content (AvgIpc) is 2.33. The Kier molecular flexibility index (Phi) is 3.92. The number of halogens is 1. The first-order chi connectivity index (χ1) is 9.19. The van der Waals surface area contributed by atoms with Crippen molar-refractivity contribution in [1.82, 2.24) is 4.72 Å². The van der Waals surface area contributed by atoms with Crippen molar-refractivity contribution < 1.29 is 20.7 Å². The maximum Gasteiger partial charge on any atom is 0.332 e. The van der Waals surface area contributed by atoms with Gasteiger partial charge in [0.25, 0.3) is 0 Å². The molecule has 1 N–H and O–H groups in total. The predicted octanol–water partition coefficient (Wildman–Crippen LogP) is 1.96. The average molecular weight is 321 g/mol. The lowest BCUT2D eigenvalue weighted by atomic mass is 9.76. The van der Waals surface area contributed by atoms with Crippen LogP contribution in [0.1, 0.15) is 32.6 Å². The second kappa shape index (κ2) is 5.09. The number of nitrogens with one attached hydrogen (secondary N) is 1. The van der Waals surface area contributed by atoms with Gasteiger partial charge in [0.05, 0.1) is 9.79 Å². The van der Waals surface area contributed by atoms with E-state index in [-0.39, 0.29) is 4.90 Å². The minimum absolute atomic E-state index is 0.240. The second-order valence-corrected chi connectivity index (χ2v) is 8.04. The summed E-state index contributed by atoms with van der Waals surface area (Å²) in [5, 5.41) is 0. The highest BCUT2D eigenvalue weighted by Crippen LogP contribution is 2.36. The molecule has 0 aliphatic heterocycles. The van der Waals surface area contributed by atoms with Crippen molar-refractivity contribution in [2.45, 2.75) is 47.9 Å². The van der Waals surface area contributed by atoms with Crippen molar-refractivity contribution >= 4 is 20.2 Å². The van der Waals surface area contributed by atoms with E-state index in [0.717, 1.165) is 31.4 Å². The molecule has 1 fully saturated rings. The third-order valence-electron chi connectivity index (χ3n) is 3.74. The molecule has 112 valence electrons. The molecule has 0 atom stereocenters. The Morgan fingerprint density at radius 1 is 1.20 bits per heavy atom. The van der Waals surface area contributed by atoms with Gasteiger partial charge < -0.3 is 0 Å². The number of benzene rings is 1. The number of rotatable bonds is 5. The minimum atomic E-state index is -4.92. The highest BCUT2D eigenvalue weighted by molar-refractivity contribution is 7.89. The maximum atomic E-state index is 12.9. The Bertz CT molecular complexity index is 703.